The molecule has 1 saturated carbocycles. The third kappa shape index (κ3) is 7.04. The number of alkyl halides is 3. The summed E-state index contributed by atoms with van der Waals surface area (Å²) < 4.78 is 45.0. The van der Waals surface area contributed by atoms with E-state index in [-0.39, 0.29) is 24.3 Å². The maximum absolute atomic E-state index is 12.9. The zero-order valence-corrected chi connectivity index (χ0v) is 20.0. The Morgan fingerprint density at radius 3 is 2.61 bits per heavy atom. The minimum Gasteiger partial charge on any atom is -0.370 e. The molecule has 1 saturated heterocycles. The lowest BCUT2D eigenvalue weighted by Gasteiger charge is -2.30. The van der Waals surface area contributed by atoms with Crippen molar-refractivity contribution in [1.29, 1.82) is 0 Å². The van der Waals surface area contributed by atoms with Crippen LogP contribution in [0, 0.1) is 0 Å². The highest BCUT2D eigenvalue weighted by molar-refractivity contribution is 5.96. The first-order valence-electron chi connectivity index (χ1n) is 12.3. The molecule has 2 heterocycles. The molecule has 2 N–H and O–H groups in total. The number of carbonyl (C=O) groups excluding carboxylic acids is 2. The third-order valence-electron chi connectivity index (χ3n) is 6.78. The van der Waals surface area contributed by atoms with E-state index < -0.39 is 23.6 Å². The zero-order chi connectivity index (χ0) is 25.5. The van der Waals surface area contributed by atoms with Gasteiger partial charge in [0.25, 0.3) is 5.91 Å². The fourth-order valence-corrected chi connectivity index (χ4v) is 4.90. The van der Waals surface area contributed by atoms with Gasteiger partial charge in [0.05, 0.1) is 30.9 Å². The topological polar surface area (TPSA) is 83.6 Å². The van der Waals surface area contributed by atoms with Crippen LogP contribution in [0.3, 0.4) is 0 Å². The van der Waals surface area contributed by atoms with Gasteiger partial charge in [-0.05, 0) is 42.7 Å². The lowest BCUT2D eigenvalue weighted by molar-refractivity contribution is -0.137. The molecule has 2 atom stereocenters. The van der Waals surface area contributed by atoms with Gasteiger partial charge in [-0.3, -0.25) is 19.5 Å². The number of halogens is 3. The fraction of sp³-hybridized carbons (Fsp3) is 0.500. The summed E-state index contributed by atoms with van der Waals surface area (Å²) in [6.45, 7) is 1.38. The summed E-state index contributed by atoms with van der Waals surface area (Å²) in [5, 5.41) is 5.38. The SMILES string of the molecule is O=C(CNC(=O)c1cccc(C(F)(F)F)c1)N[C@H]1CN(C2CCCCC2)CC1OCc1cccnc1. The number of benzene rings is 1. The molecule has 2 aromatic rings. The Morgan fingerprint density at radius 1 is 1.08 bits per heavy atom. The van der Waals surface area contributed by atoms with Gasteiger partial charge in [-0.2, -0.15) is 13.2 Å². The second-order valence-corrected chi connectivity index (χ2v) is 9.39. The van der Waals surface area contributed by atoms with Crippen molar-refractivity contribution in [3.05, 3.63) is 65.5 Å². The van der Waals surface area contributed by atoms with Crippen molar-refractivity contribution in [3.63, 3.8) is 0 Å². The third-order valence-corrected chi connectivity index (χ3v) is 6.78. The van der Waals surface area contributed by atoms with Crippen LogP contribution >= 0.6 is 0 Å². The average Bonchev–Trinajstić information content (AvgIpc) is 3.29. The summed E-state index contributed by atoms with van der Waals surface area (Å²) in [6.07, 6.45) is 4.55. The standard InChI is InChI=1S/C26H31F3N4O3/c27-26(28,29)20-8-4-7-19(12-20)25(35)31-14-24(34)32-22-15-33(21-9-2-1-3-10-21)16-23(22)36-17-18-6-5-11-30-13-18/h4-8,11-13,21-23H,1-3,9-10,14-17H2,(H,31,35)(H,32,34)/t22-,23?/m0/s1. The first-order valence-corrected chi connectivity index (χ1v) is 12.3. The fourth-order valence-electron chi connectivity index (χ4n) is 4.90. The van der Waals surface area contributed by atoms with Crippen molar-refractivity contribution < 1.29 is 27.5 Å². The van der Waals surface area contributed by atoms with Crippen molar-refractivity contribution >= 4 is 11.8 Å². The molecule has 36 heavy (non-hydrogen) atoms. The van der Waals surface area contributed by atoms with E-state index >= 15 is 0 Å². The van der Waals surface area contributed by atoms with Crippen LogP contribution in [0.25, 0.3) is 0 Å². The van der Waals surface area contributed by atoms with Crippen molar-refractivity contribution in [1.82, 2.24) is 20.5 Å². The highest BCUT2D eigenvalue weighted by Crippen LogP contribution is 2.30. The Bertz CT molecular complexity index is 1030. The van der Waals surface area contributed by atoms with E-state index in [0.29, 0.717) is 25.7 Å². The molecule has 1 aromatic heterocycles. The molecule has 194 valence electrons. The van der Waals surface area contributed by atoms with Crippen LogP contribution in [0.4, 0.5) is 13.2 Å². The molecule has 1 aliphatic carbocycles. The van der Waals surface area contributed by atoms with E-state index in [4.69, 9.17) is 4.74 Å². The highest BCUT2D eigenvalue weighted by Gasteiger charge is 2.38. The Hall–Kier alpha value is -2.98. The molecule has 0 bridgehead atoms. The molecule has 4 rings (SSSR count). The van der Waals surface area contributed by atoms with E-state index in [1.54, 1.807) is 12.4 Å². The van der Waals surface area contributed by atoms with Gasteiger partial charge < -0.3 is 15.4 Å². The van der Waals surface area contributed by atoms with Crippen LogP contribution in [0.1, 0.15) is 53.6 Å². The number of amides is 2. The van der Waals surface area contributed by atoms with Crippen LogP contribution in [0.5, 0.6) is 0 Å². The molecule has 1 aromatic carbocycles. The van der Waals surface area contributed by atoms with Gasteiger partial charge in [0.15, 0.2) is 0 Å². The van der Waals surface area contributed by atoms with Gasteiger partial charge >= 0.3 is 6.18 Å². The van der Waals surface area contributed by atoms with Gasteiger partial charge in [-0.1, -0.05) is 31.4 Å². The molecule has 2 aliphatic rings. The number of nitrogens with zero attached hydrogens (tertiary/aromatic N) is 2. The predicted octanol–water partition coefficient (Wildman–Crippen LogP) is 3.55. The summed E-state index contributed by atoms with van der Waals surface area (Å²) >= 11 is 0. The molecule has 10 heteroatoms. The van der Waals surface area contributed by atoms with Crippen molar-refractivity contribution in [2.75, 3.05) is 19.6 Å². The molecule has 0 spiro atoms. The summed E-state index contributed by atoms with van der Waals surface area (Å²) in [5.74, 6) is -1.16. The Morgan fingerprint density at radius 2 is 1.89 bits per heavy atom. The second-order valence-electron chi connectivity index (χ2n) is 9.39. The number of hydrogen-bond donors (Lipinski definition) is 2. The molecule has 2 fully saturated rings. The quantitative estimate of drug-likeness (QED) is 0.575. The van der Waals surface area contributed by atoms with Crippen molar-refractivity contribution in [2.24, 2.45) is 0 Å². The summed E-state index contributed by atoms with van der Waals surface area (Å²) in [5.41, 5.74) is -0.131. The van der Waals surface area contributed by atoms with Gasteiger partial charge in [0, 0.05) is 37.1 Å². The largest absolute Gasteiger partial charge is 0.416 e. The maximum Gasteiger partial charge on any atom is 0.416 e. The van der Waals surface area contributed by atoms with E-state index in [0.717, 1.165) is 30.5 Å². The van der Waals surface area contributed by atoms with Crippen molar-refractivity contribution in [3.8, 4) is 0 Å². The molecular weight excluding hydrogens is 473 g/mol. The number of carbonyl (C=O) groups is 2. The van der Waals surface area contributed by atoms with Crippen LogP contribution in [-0.4, -0.2) is 59.5 Å². The van der Waals surface area contributed by atoms with Crippen LogP contribution in [0.15, 0.2) is 48.8 Å². The maximum atomic E-state index is 12.9. The molecule has 0 radical (unpaired) electrons. The molecule has 1 unspecified atom stereocenters. The number of rotatable bonds is 8. The van der Waals surface area contributed by atoms with E-state index in [1.807, 2.05) is 12.1 Å². The Kier molecular flexibility index (Phi) is 8.58. The van der Waals surface area contributed by atoms with Crippen LogP contribution in [-0.2, 0) is 22.3 Å². The average molecular weight is 505 g/mol. The highest BCUT2D eigenvalue weighted by atomic mass is 19.4. The molecule has 1 aliphatic heterocycles. The van der Waals surface area contributed by atoms with Crippen molar-refractivity contribution in [2.45, 2.75) is 63.1 Å². The summed E-state index contributed by atoms with van der Waals surface area (Å²) in [7, 11) is 0. The van der Waals surface area contributed by atoms with Crippen LogP contribution in [0.2, 0.25) is 0 Å². The second kappa shape index (κ2) is 11.8. The molecule has 7 nitrogen and oxygen atoms in total. The molecular formula is C26H31F3N4O3. The summed E-state index contributed by atoms with van der Waals surface area (Å²) in [6, 6.07) is 8.09. The number of pyridine rings is 1. The predicted molar refractivity (Wildman–Crippen MR) is 127 cm³/mol. The van der Waals surface area contributed by atoms with Gasteiger partial charge in [0.1, 0.15) is 0 Å². The lowest BCUT2D eigenvalue weighted by Crippen LogP contribution is -2.47. The first-order chi connectivity index (χ1) is 17.3. The number of likely N-dealkylation sites (tertiary alicyclic amines) is 1. The Labute approximate surface area is 208 Å². The first kappa shape index (κ1) is 26.1. The minimum absolute atomic E-state index is 0.153. The smallest absolute Gasteiger partial charge is 0.370 e. The molecule has 2 amide bonds. The van der Waals surface area contributed by atoms with Gasteiger partial charge in [-0.25, -0.2) is 0 Å². The normalized spacial score (nSPS) is 21.3. The lowest BCUT2D eigenvalue weighted by atomic mass is 9.94. The summed E-state index contributed by atoms with van der Waals surface area (Å²) in [4.78, 5) is 31.5. The Balaban J connectivity index is 1.34. The van der Waals surface area contributed by atoms with E-state index in [9.17, 15) is 22.8 Å². The number of aromatic nitrogens is 1. The van der Waals surface area contributed by atoms with Gasteiger partial charge in [-0.15, -0.1) is 0 Å². The van der Waals surface area contributed by atoms with Gasteiger partial charge in [0.2, 0.25) is 5.91 Å². The monoisotopic (exact) mass is 504 g/mol. The number of hydrogen-bond acceptors (Lipinski definition) is 5. The number of ether oxygens (including phenoxy) is 1. The number of nitrogens with one attached hydrogen (secondary N) is 2. The van der Waals surface area contributed by atoms with Crippen LogP contribution < -0.4 is 10.6 Å². The van der Waals surface area contributed by atoms with E-state index in [2.05, 4.69) is 20.5 Å². The zero-order valence-electron chi connectivity index (χ0n) is 20.0. The minimum atomic E-state index is -4.55. The van der Waals surface area contributed by atoms with E-state index in [1.165, 1.54) is 31.4 Å².